The topological polar surface area (TPSA) is 95.2 Å². The van der Waals surface area contributed by atoms with Crippen LogP contribution in [0.25, 0.3) is 10.8 Å². The van der Waals surface area contributed by atoms with Crippen molar-refractivity contribution in [1.29, 1.82) is 0 Å². The molecule has 2 N–H and O–H groups in total. The molecule has 1 aliphatic rings. The number of anilines is 1. The Morgan fingerprint density at radius 3 is 2.62 bits per heavy atom. The van der Waals surface area contributed by atoms with Crippen molar-refractivity contribution in [3.63, 3.8) is 0 Å². The third kappa shape index (κ3) is 3.90. The maximum atomic E-state index is 13.0. The quantitative estimate of drug-likeness (QED) is 0.489. The van der Waals surface area contributed by atoms with Gasteiger partial charge in [0.1, 0.15) is 0 Å². The summed E-state index contributed by atoms with van der Waals surface area (Å²) >= 11 is 0. The van der Waals surface area contributed by atoms with Crippen LogP contribution in [-0.2, 0) is 23.0 Å². The van der Waals surface area contributed by atoms with Crippen LogP contribution in [0.2, 0.25) is 0 Å². The van der Waals surface area contributed by atoms with Gasteiger partial charge in [-0.1, -0.05) is 42.5 Å². The molecule has 0 spiro atoms. The second kappa shape index (κ2) is 8.22. The molecule has 2 heterocycles. The predicted octanol–water partition coefficient (Wildman–Crippen LogP) is 3.63. The van der Waals surface area contributed by atoms with Crippen LogP contribution in [0, 0.1) is 0 Å². The zero-order chi connectivity index (χ0) is 22.1. The molecule has 0 radical (unpaired) electrons. The van der Waals surface area contributed by atoms with E-state index in [9.17, 15) is 13.2 Å². The molecule has 7 nitrogen and oxygen atoms in total. The Hall–Kier alpha value is -3.49. The summed E-state index contributed by atoms with van der Waals surface area (Å²) in [5, 5.41) is 8.86. The van der Waals surface area contributed by atoms with Crippen LogP contribution in [-0.4, -0.2) is 31.1 Å². The zero-order valence-corrected chi connectivity index (χ0v) is 18.1. The second-order valence-corrected chi connectivity index (χ2v) is 9.59. The smallest absolute Gasteiger partial charge is 0.258 e. The fourth-order valence-corrected chi connectivity index (χ4v) is 5.04. The lowest BCUT2D eigenvalue weighted by atomic mass is 10.1. The van der Waals surface area contributed by atoms with E-state index >= 15 is 0 Å². The van der Waals surface area contributed by atoms with E-state index in [-0.39, 0.29) is 17.3 Å². The molecular weight excluding hydrogens is 424 g/mol. The van der Waals surface area contributed by atoms with Gasteiger partial charge in [0.2, 0.25) is 10.0 Å². The number of carbonyl (C=O) groups excluding carboxylic acids is 1. The van der Waals surface area contributed by atoms with E-state index in [0.717, 1.165) is 40.6 Å². The van der Waals surface area contributed by atoms with Gasteiger partial charge in [-0.05, 0) is 53.4 Å². The standard InChI is InChI=1S/C24H22N4O3S/c29-24(28-13-3-6-22-23(28)16-25-27-22)19-9-7-17(8-10-19)15-26-32(30,31)21-12-11-18-4-1-2-5-20(18)14-21/h1-2,4-5,7-12,14,16,26H,3,6,13,15H2,(H,25,27). The molecule has 4 aromatic rings. The summed E-state index contributed by atoms with van der Waals surface area (Å²) in [5.74, 6) is -0.0874. The maximum absolute atomic E-state index is 13.0. The van der Waals surface area contributed by atoms with Crippen molar-refractivity contribution in [3.8, 4) is 0 Å². The number of carbonyl (C=O) groups is 1. The molecule has 0 atom stereocenters. The van der Waals surface area contributed by atoms with Gasteiger partial charge in [0, 0.05) is 18.7 Å². The number of rotatable bonds is 5. The maximum Gasteiger partial charge on any atom is 0.258 e. The minimum Gasteiger partial charge on any atom is -0.305 e. The van der Waals surface area contributed by atoms with E-state index < -0.39 is 10.0 Å². The number of sulfonamides is 1. The normalized spacial score (nSPS) is 13.8. The summed E-state index contributed by atoms with van der Waals surface area (Å²) in [7, 11) is -3.66. The Labute approximate surface area is 186 Å². The highest BCUT2D eigenvalue weighted by Gasteiger charge is 2.25. The average molecular weight is 447 g/mol. The van der Waals surface area contributed by atoms with Crippen LogP contribution in [0.5, 0.6) is 0 Å². The monoisotopic (exact) mass is 446 g/mol. The lowest BCUT2D eigenvalue weighted by molar-refractivity contribution is 0.0985. The van der Waals surface area contributed by atoms with Gasteiger partial charge in [-0.2, -0.15) is 5.10 Å². The predicted molar refractivity (Wildman–Crippen MR) is 123 cm³/mol. The molecule has 0 saturated heterocycles. The van der Waals surface area contributed by atoms with Gasteiger partial charge in [-0.15, -0.1) is 0 Å². The first-order chi connectivity index (χ1) is 15.5. The van der Waals surface area contributed by atoms with Gasteiger partial charge < -0.3 is 4.90 Å². The number of amides is 1. The van der Waals surface area contributed by atoms with Gasteiger partial charge in [-0.3, -0.25) is 9.89 Å². The SMILES string of the molecule is O=C(c1ccc(CNS(=O)(=O)c2ccc3ccccc3c2)cc1)N1CCCc2[nH]ncc21. The van der Waals surface area contributed by atoms with Gasteiger partial charge >= 0.3 is 0 Å². The highest BCUT2D eigenvalue weighted by atomic mass is 32.2. The summed E-state index contributed by atoms with van der Waals surface area (Å²) in [6, 6.07) is 19.7. The molecule has 0 unspecified atom stereocenters. The molecular formula is C24H22N4O3S. The van der Waals surface area contributed by atoms with Crippen LogP contribution in [0.4, 0.5) is 5.69 Å². The zero-order valence-electron chi connectivity index (χ0n) is 17.3. The summed E-state index contributed by atoms with van der Waals surface area (Å²) in [6.07, 6.45) is 3.45. The number of fused-ring (bicyclic) bond motifs is 2. The van der Waals surface area contributed by atoms with Gasteiger partial charge in [0.25, 0.3) is 5.91 Å². The van der Waals surface area contributed by atoms with E-state index in [1.54, 1.807) is 53.6 Å². The Morgan fingerprint density at radius 2 is 1.81 bits per heavy atom. The summed E-state index contributed by atoms with van der Waals surface area (Å²) in [6.45, 7) is 0.790. The number of aromatic amines is 1. The lowest BCUT2D eigenvalue weighted by Crippen LogP contribution is -2.35. The van der Waals surface area contributed by atoms with Crippen LogP contribution in [0.1, 0.15) is 28.0 Å². The van der Waals surface area contributed by atoms with Crippen LogP contribution >= 0.6 is 0 Å². The van der Waals surface area contributed by atoms with Crippen molar-refractivity contribution in [2.75, 3.05) is 11.4 Å². The van der Waals surface area contributed by atoms with E-state index in [1.807, 2.05) is 24.3 Å². The first-order valence-electron chi connectivity index (χ1n) is 10.4. The molecule has 5 rings (SSSR count). The number of aromatic nitrogens is 2. The third-order valence-electron chi connectivity index (χ3n) is 5.74. The molecule has 1 aliphatic heterocycles. The van der Waals surface area contributed by atoms with Crippen LogP contribution in [0.15, 0.2) is 77.8 Å². The molecule has 0 bridgehead atoms. The van der Waals surface area contributed by atoms with Crippen molar-refractivity contribution in [1.82, 2.24) is 14.9 Å². The van der Waals surface area contributed by atoms with Crippen LogP contribution in [0.3, 0.4) is 0 Å². The largest absolute Gasteiger partial charge is 0.305 e. The first-order valence-corrected chi connectivity index (χ1v) is 11.9. The van der Waals surface area contributed by atoms with Crippen molar-refractivity contribution in [2.45, 2.75) is 24.3 Å². The minimum atomic E-state index is -3.66. The number of hydrogen-bond donors (Lipinski definition) is 2. The molecule has 32 heavy (non-hydrogen) atoms. The van der Waals surface area contributed by atoms with Gasteiger partial charge in [0.15, 0.2) is 0 Å². The van der Waals surface area contributed by atoms with Crippen molar-refractivity contribution < 1.29 is 13.2 Å². The first kappa shape index (κ1) is 20.4. The third-order valence-corrected chi connectivity index (χ3v) is 7.14. The number of hydrogen-bond acceptors (Lipinski definition) is 4. The molecule has 3 aromatic carbocycles. The lowest BCUT2D eigenvalue weighted by Gasteiger charge is -2.26. The molecule has 162 valence electrons. The van der Waals surface area contributed by atoms with E-state index in [0.29, 0.717) is 12.1 Å². The molecule has 0 saturated carbocycles. The fourth-order valence-electron chi connectivity index (χ4n) is 3.99. The summed E-state index contributed by atoms with van der Waals surface area (Å²) < 4.78 is 28.1. The Morgan fingerprint density at radius 1 is 1.03 bits per heavy atom. The second-order valence-electron chi connectivity index (χ2n) is 7.82. The molecule has 0 fully saturated rings. The van der Waals surface area contributed by atoms with E-state index in [4.69, 9.17) is 0 Å². The number of nitrogens with zero attached hydrogens (tertiary/aromatic N) is 2. The van der Waals surface area contributed by atoms with Crippen molar-refractivity contribution in [3.05, 3.63) is 89.7 Å². The van der Waals surface area contributed by atoms with Gasteiger partial charge in [-0.25, -0.2) is 13.1 Å². The molecule has 1 amide bonds. The Balaban J connectivity index is 1.28. The van der Waals surface area contributed by atoms with E-state index in [1.165, 1.54) is 0 Å². The summed E-state index contributed by atoms with van der Waals surface area (Å²) in [5.41, 5.74) is 3.13. The van der Waals surface area contributed by atoms with Crippen molar-refractivity contribution >= 4 is 32.4 Å². The number of H-pyrrole nitrogens is 1. The number of nitrogens with one attached hydrogen (secondary N) is 2. The molecule has 0 aliphatic carbocycles. The van der Waals surface area contributed by atoms with Crippen LogP contribution < -0.4 is 9.62 Å². The fraction of sp³-hybridized carbons (Fsp3) is 0.167. The van der Waals surface area contributed by atoms with E-state index in [2.05, 4.69) is 14.9 Å². The number of aryl methyl sites for hydroxylation is 1. The molecule has 1 aromatic heterocycles. The summed E-state index contributed by atoms with van der Waals surface area (Å²) in [4.78, 5) is 14.9. The number of benzene rings is 3. The molecule has 8 heteroatoms. The minimum absolute atomic E-state index is 0.0874. The van der Waals surface area contributed by atoms with Crippen molar-refractivity contribution in [2.24, 2.45) is 0 Å². The Kier molecular flexibility index (Phi) is 5.24. The highest BCUT2D eigenvalue weighted by molar-refractivity contribution is 7.89. The van der Waals surface area contributed by atoms with Gasteiger partial charge in [0.05, 0.1) is 22.5 Å². The highest BCUT2D eigenvalue weighted by Crippen LogP contribution is 2.26. The Bertz CT molecular complexity index is 1390. The average Bonchev–Trinajstić information content (AvgIpc) is 3.31.